The van der Waals surface area contributed by atoms with E-state index in [0.717, 1.165) is 83.5 Å². The Labute approximate surface area is 465 Å². The van der Waals surface area contributed by atoms with Crippen LogP contribution in [0.3, 0.4) is 0 Å². The first-order chi connectivity index (χ1) is 37.6. The highest BCUT2D eigenvalue weighted by atomic mass is 16.7. The van der Waals surface area contributed by atoms with E-state index in [2.05, 4.69) is 118 Å². The Balaban J connectivity index is 2.77. The third-order valence-electron chi connectivity index (χ3n) is 12.5. The highest BCUT2D eigenvalue weighted by molar-refractivity contribution is 5.74. The van der Waals surface area contributed by atoms with Crippen LogP contribution in [0.2, 0.25) is 0 Å². The standard InChI is InChI=1S/C65H102O12/c1-4-7-10-13-16-19-22-25-27-29-31-34-36-39-42-45-48-51-57(66)73-54-56(75-58(67)52-49-46-43-40-38-35-32-30-28-26-23-20-17-14-11-8-5-2)55-74-65-63(61(70)60(69)62(77-65)64(71)72)76-59(68)53-50-47-44-41-37-33-24-21-18-15-12-9-6-3/h7,9-10,12,16,18-19,21,25-28,31,33-34,37,39,42,44,47,56,60-63,65,69-70H,4-6,8,11,13-15,17,20,22-24,29-30,32,35-36,38,40-41,43,45-46,48-55H2,1-3H3,(H,71,72)/b10-7-,12-9-,19-16-,21-18-,27-25-,28-26-,34-31-,37-33-,42-39-,47-44-. The molecule has 12 nitrogen and oxygen atoms in total. The number of carbonyl (C=O) groups excluding carboxylic acids is 3. The lowest BCUT2D eigenvalue weighted by atomic mass is 9.98. The number of carboxylic acid groups (broad SMARTS) is 1. The van der Waals surface area contributed by atoms with Gasteiger partial charge in [0.15, 0.2) is 24.6 Å². The van der Waals surface area contributed by atoms with Crippen molar-refractivity contribution in [3.05, 3.63) is 122 Å². The molecule has 0 aromatic rings. The molecule has 0 radical (unpaired) electrons. The van der Waals surface area contributed by atoms with Gasteiger partial charge in [-0.1, -0.05) is 206 Å². The molecule has 1 aliphatic rings. The Bertz CT molecular complexity index is 1800. The van der Waals surface area contributed by atoms with Gasteiger partial charge in [-0.25, -0.2) is 4.79 Å². The van der Waals surface area contributed by atoms with Gasteiger partial charge in [-0.05, 0) is 109 Å². The second-order valence-electron chi connectivity index (χ2n) is 19.5. The molecule has 0 bridgehead atoms. The van der Waals surface area contributed by atoms with Crippen molar-refractivity contribution >= 4 is 23.9 Å². The van der Waals surface area contributed by atoms with Crippen LogP contribution in [0.1, 0.15) is 213 Å². The number of allylic oxidation sites excluding steroid dienone is 20. The maximum Gasteiger partial charge on any atom is 0.335 e. The number of hydrogen-bond donors (Lipinski definition) is 3. The predicted molar refractivity (Wildman–Crippen MR) is 312 cm³/mol. The Hall–Kier alpha value is -4.88. The van der Waals surface area contributed by atoms with Crippen LogP contribution < -0.4 is 0 Å². The molecule has 3 N–H and O–H groups in total. The maximum atomic E-state index is 13.2. The zero-order chi connectivity index (χ0) is 56.1. The zero-order valence-electron chi connectivity index (χ0n) is 47.7. The zero-order valence-corrected chi connectivity index (χ0v) is 47.7. The van der Waals surface area contributed by atoms with E-state index in [-0.39, 0.29) is 25.9 Å². The Morgan fingerprint density at radius 2 is 0.857 bits per heavy atom. The maximum absolute atomic E-state index is 13.2. The number of ether oxygens (including phenoxy) is 5. The third-order valence-corrected chi connectivity index (χ3v) is 12.5. The second kappa shape index (κ2) is 51.9. The molecule has 0 amide bonds. The fourth-order valence-corrected chi connectivity index (χ4v) is 8.06. The van der Waals surface area contributed by atoms with Crippen molar-refractivity contribution in [1.29, 1.82) is 0 Å². The van der Waals surface area contributed by atoms with Gasteiger partial charge in [0.2, 0.25) is 0 Å². The summed E-state index contributed by atoms with van der Waals surface area (Å²) in [7, 11) is 0. The van der Waals surface area contributed by atoms with Gasteiger partial charge in [-0.3, -0.25) is 14.4 Å². The van der Waals surface area contributed by atoms with Crippen LogP contribution in [0.4, 0.5) is 0 Å². The molecule has 6 atom stereocenters. The normalized spacial score (nSPS) is 18.9. The first-order valence-corrected chi connectivity index (χ1v) is 29.5. The van der Waals surface area contributed by atoms with Crippen molar-refractivity contribution in [3.63, 3.8) is 0 Å². The minimum Gasteiger partial charge on any atom is -0.479 e. The molecule has 12 heteroatoms. The number of carboxylic acids is 1. The highest BCUT2D eigenvalue weighted by Gasteiger charge is 2.50. The topological polar surface area (TPSA) is 175 Å². The summed E-state index contributed by atoms with van der Waals surface area (Å²) < 4.78 is 28.3. The largest absolute Gasteiger partial charge is 0.479 e. The predicted octanol–water partition coefficient (Wildman–Crippen LogP) is 15.2. The molecule has 1 fully saturated rings. The van der Waals surface area contributed by atoms with E-state index in [0.29, 0.717) is 32.1 Å². The van der Waals surface area contributed by atoms with Crippen molar-refractivity contribution in [3.8, 4) is 0 Å². The molecule has 1 rings (SSSR count). The molecule has 0 aliphatic carbocycles. The Morgan fingerprint density at radius 3 is 1.35 bits per heavy atom. The first kappa shape index (κ1) is 70.1. The number of carbonyl (C=O) groups is 4. The summed E-state index contributed by atoms with van der Waals surface area (Å²) in [5.41, 5.74) is 0. The first-order valence-electron chi connectivity index (χ1n) is 29.5. The average molecular weight is 1080 g/mol. The quantitative estimate of drug-likeness (QED) is 0.0228. The lowest BCUT2D eigenvalue weighted by molar-refractivity contribution is -0.301. The second-order valence-corrected chi connectivity index (χ2v) is 19.5. The van der Waals surface area contributed by atoms with E-state index >= 15 is 0 Å². The van der Waals surface area contributed by atoms with Crippen LogP contribution in [0.25, 0.3) is 0 Å². The van der Waals surface area contributed by atoms with Crippen LogP contribution in [0, 0.1) is 0 Å². The number of hydrogen-bond acceptors (Lipinski definition) is 11. The fraction of sp³-hybridized carbons (Fsp3) is 0.631. The smallest absolute Gasteiger partial charge is 0.335 e. The Kier molecular flexibility index (Phi) is 47.2. The highest BCUT2D eigenvalue weighted by Crippen LogP contribution is 2.26. The van der Waals surface area contributed by atoms with Gasteiger partial charge in [0.05, 0.1) is 6.61 Å². The summed E-state index contributed by atoms with van der Waals surface area (Å²) in [5.74, 6) is -3.33. The monoisotopic (exact) mass is 1070 g/mol. The van der Waals surface area contributed by atoms with Crippen LogP contribution >= 0.6 is 0 Å². The average Bonchev–Trinajstić information content (AvgIpc) is 3.42. The van der Waals surface area contributed by atoms with E-state index in [1.807, 2.05) is 24.3 Å². The molecule has 0 saturated carbocycles. The van der Waals surface area contributed by atoms with Gasteiger partial charge in [-0.2, -0.15) is 0 Å². The number of unbranched alkanes of at least 4 members (excludes halogenated alkanes) is 14. The molecule has 1 saturated heterocycles. The Morgan fingerprint density at radius 1 is 0.442 bits per heavy atom. The fourth-order valence-electron chi connectivity index (χ4n) is 8.06. The van der Waals surface area contributed by atoms with Gasteiger partial charge in [-0.15, -0.1) is 0 Å². The molecule has 77 heavy (non-hydrogen) atoms. The number of aliphatic hydroxyl groups excluding tert-OH is 2. The molecular weight excluding hydrogens is 973 g/mol. The third kappa shape index (κ3) is 41.8. The number of esters is 3. The molecule has 6 unspecified atom stereocenters. The van der Waals surface area contributed by atoms with Crippen molar-refractivity contribution in [2.45, 2.75) is 250 Å². The van der Waals surface area contributed by atoms with Gasteiger partial charge in [0, 0.05) is 19.3 Å². The minimum absolute atomic E-state index is 0.0725. The number of aliphatic carboxylic acids is 1. The van der Waals surface area contributed by atoms with Gasteiger partial charge >= 0.3 is 23.9 Å². The lowest BCUT2D eigenvalue weighted by Crippen LogP contribution is -2.61. The van der Waals surface area contributed by atoms with Crippen molar-refractivity contribution in [1.82, 2.24) is 0 Å². The van der Waals surface area contributed by atoms with Crippen molar-refractivity contribution in [2.75, 3.05) is 13.2 Å². The molecule has 0 spiro atoms. The lowest BCUT2D eigenvalue weighted by Gasteiger charge is -2.40. The van der Waals surface area contributed by atoms with Crippen molar-refractivity contribution in [2.24, 2.45) is 0 Å². The summed E-state index contributed by atoms with van der Waals surface area (Å²) in [4.78, 5) is 51.1. The molecule has 0 aromatic carbocycles. The van der Waals surface area contributed by atoms with Crippen LogP contribution in [-0.2, 0) is 42.9 Å². The SMILES string of the molecule is CC/C=C\C/C=C\C/C=C\C/C=C\C/C=C\CCCC(=O)OCC(COC1OC(C(=O)O)C(O)C(O)C1OC(=O)CC/C=C\C/C=C\C/C=C\C/C=C\CC)OC(=O)CCCCCCCCC/C=C\CCCCCCCC. The van der Waals surface area contributed by atoms with Gasteiger partial charge in [0.25, 0.3) is 0 Å². The molecule has 1 heterocycles. The van der Waals surface area contributed by atoms with E-state index in [4.69, 9.17) is 23.7 Å². The van der Waals surface area contributed by atoms with E-state index in [1.165, 1.54) is 57.8 Å². The van der Waals surface area contributed by atoms with E-state index in [9.17, 15) is 34.5 Å². The molecule has 1 aliphatic heterocycles. The molecule has 434 valence electrons. The van der Waals surface area contributed by atoms with Crippen LogP contribution in [-0.4, -0.2) is 89.2 Å². The van der Waals surface area contributed by atoms with E-state index < -0.39 is 67.3 Å². The van der Waals surface area contributed by atoms with E-state index in [1.54, 1.807) is 0 Å². The van der Waals surface area contributed by atoms with Crippen LogP contribution in [0.5, 0.6) is 0 Å². The summed E-state index contributed by atoms with van der Waals surface area (Å²) in [5, 5.41) is 31.4. The minimum atomic E-state index is -1.94. The summed E-state index contributed by atoms with van der Waals surface area (Å²) in [6, 6.07) is 0. The van der Waals surface area contributed by atoms with Crippen molar-refractivity contribution < 1.29 is 58.2 Å². The number of aliphatic hydroxyl groups is 2. The summed E-state index contributed by atoms with van der Waals surface area (Å²) >= 11 is 0. The van der Waals surface area contributed by atoms with Gasteiger partial charge in [0.1, 0.15) is 18.8 Å². The summed E-state index contributed by atoms with van der Waals surface area (Å²) in [6.07, 6.45) is 59.1. The number of rotatable bonds is 48. The molecule has 0 aromatic heterocycles. The summed E-state index contributed by atoms with van der Waals surface area (Å²) in [6.45, 7) is 5.66. The molecular formula is C65H102O12. The van der Waals surface area contributed by atoms with Crippen LogP contribution in [0.15, 0.2) is 122 Å². The van der Waals surface area contributed by atoms with Gasteiger partial charge < -0.3 is 39.0 Å².